The molecule has 0 spiro atoms. The van der Waals surface area contributed by atoms with Gasteiger partial charge in [0.15, 0.2) is 0 Å². The number of amides is 1. The first-order chi connectivity index (χ1) is 9.47. The summed E-state index contributed by atoms with van der Waals surface area (Å²) in [4.78, 5) is 14.7. The van der Waals surface area contributed by atoms with Crippen LogP contribution in [-0.2, 0) is 6.54 Å². The van der Waals surface area contributed by atoms with Crippen molar-refractivity contribution in [3.05, 3.63) is 50.7 Å². The predicted octanol–water partition coefficient (Wildman–Crippen LogP) is 4.02. The molecule has 0 atom stereocenters. The van der Waals surface area contributed by atoms with Gasteiger partial charge in [-0.15, -0.1) is 11.3 Å². The third-order valence-electron chi connectivity index (χ3n) is 2.97. The summed E-state index contributed by atoms with van der Waals surface area (Å²) in [5.41, 5.74) is 2.78. The number of anilines is 1. The molecule has 0 aliphatic heterocycles. The molecule has 3 nitrogen and oxygen atoms in total. The Labute approximate surface area is 128 Å². The van der Waals surface area contributed by atoms with Gasteiger partial charge in [0, 0.05) is 42.1 Å². The van der Waals surface area contributed by atoms with Gasteiger partial charge in [0.25, 0.3) is 5.91 Å². The lowest BCUT2D eigenvalue weighted by Crippen LogP contribution is -2.21. The van der Waals surface area contributed by atoms with Crippen molar-refractivity contribution in [2.75, 3.05) is 19.4 Å². The van der Waals surface area contributed by atoms with Crippen molar-refractivity contribution in [1.82, 2.24) is 4.90 Å². The van der Waals surface area contributed by atoms with Crippen molar-refractivity contribution >= 4 is 34.5 Å². The molecule has 5 heteroatoms. The molecule has 0 aliphatic rings. The van der Waals surface area contributed by atoms with E-state index in [4.69, 9.17) is 11.6 Å². The Morgan fingerprint density at radius 2 is 2.10 bits per heavy atom. The number of rotatable bonds is 4. The van der Waals surface area contributed by atoms with E-state index in [-0.39, 0.29) is 5.91 Å². The van der Waals surface area contributed by atoms with E-state index >= 15 is 0 Å². The van der Waals surface area contributed by atoms with Crippen LogP contribution in [-0.4, -0.2) is 24.9 Å². The molecule has 1 aromatic carbocycles. The van der Waals surface area contributed by atoms with Crippen molar-refractivity contribution < 1.29 is 4.79 Å². The van der Waals surface area contributed by atoms with Gasteiger partial charge in [-0.3, -0.25) is 4.79 Å². The quantitative estimate of drug-likeness (QED) is 0.925. The Kier molecular flexibility index (Phi) is 4.68. The topological polar surface area (TPSA) is 32.3 Å². The lowest BCUT2D eigenvalue weighted by molar-refractivity contribution is 0.0827. The summed E-state index contributed by atoms with van der Waals surface area (Å²) in [6, 6.07) is 7.65. The fraction of sp³-hybridized carbons (Fsp3) is 0.267. The minimum atomic E-state index is 0.00668. The van der Waals surface area contributed by atoms with Crippen molar-refractivity contribution in [3.8, 4) is 0 Å². The zero-order valence-electron chi connectivity index (χ0n) is 11.7. The van der Waals surface area contributed by atoms with E-state index in [1.807, 2.05) is 36.6 Å². The molecule has 0 saturated heterocycles. The summed E-state index contributed by atoms with van der Waals surface area (Å²) in [7, 11) is 3.51. The molecule has 1 N–H and O–H groups in total. The van der Waals surface area contributed by atoms with Gasteiger partial charge >= 0.3 is 0 Å². The van der Waals surface area contributed by atoms with Crippen molar-refractivity contribution in [3.63, 3.8) is 0 Å². The zero-order valence-corrected chi connectivity index (χ0v) is 13.3. The van der Waals surface area contributed by atoms with Gasteiger partial charge in [-0.25, -0.2) is 0 Å². The van der Waals surface area contributed by atoms with Crippen LogP contribution in [0.2, 0.25) is 5.02 Å². The molecule has 1 aromatic heterocycles. The van der Waals surface area contributed by atoms with Crippen LogP contribution in [0.3, 0.4) is 0 Å². The molecule has 2 rings (SSSR count). The molecule has 1 heterocycles. The van der Waals surface area contributed by atoms with Crippen molar-refractivity contribution in [1.29, 1.82) is 0 Å². The van der Waals surface area contributed by atoms with E-state index in [1.54, 1.807) is 30.3 Å². The maximum absolute atomic E-state index is 12.0. The van der Waals surface area contributed by atoms with Crippen molar-refractivity contribution in [2.24, 2.45) is 0 Å². The summed E-state index contributed by atoms with van der Waals surface area (Å²) >= 11 is 7.53. The number of hydrogen-bond acceptors (Lipinski definition) is 3. The fourth-order valence-electron chi connectivity index (χ4n) is 1.83. The third-order valence-corrected chi connectivity index (χ3v) is 4.25. The van der Waals surface area contributed by atoms with E-state index in [0.29, 0.717) is 12.1 Å². The molecule has 0 unspecified atom stereocenters. The third kappa shape index (κ3) is 3.52. The number of hydrogen-bond donors (Lipinski definition) is 1. The number of nitrogens with zero attached hydrogens (tertiary/aromatic N) is 1. The zero-order chi connectivity index (χ0) is 14.7. The molecule has 0 radical (unpaired) electrons. The molecular weight excluding hydrogens is 292 g/mol. The lowest BCUT2D eigenvalue weighted by Gasteiger charge is -2.14. The van der Waals surface area contributed by atoms with Crippen LogP contribution in [0.1, 0.15) is 20.8 Å². The maximum Gasteiger partial charge on any atom is 0.253 e. The minimum Gasteiger partial charge on any atom is -0.380 e. The van der Waals surface area contributed by atoms with Crippen LogP contribution in [0, 0.1) is 6.92 Å². The Morgan fingerprint density at radius 1 is 1.35 bits per heavy atom. The number of thiophene rings is 1. The summed E-state index contributed by atoms with van der Waals surface area (Å²) in [5.74, 6) is 0.00668. The lowest BCUT2D eigenvalue weighted by atomic mass is 10.1. The predicted molar refractivity (Wildman–Crippen MR) is 85.9 cm³/mol. The normalized spacial score (nSPS) is 10.4. The van der Waals surface area contributed by atoms with E-state index in [2.05, 4.69) is 5.32 Å². The van der Waals surface area contributed by atoms with Gasteiger partial charge in [-0.1, -0.05) is 17.7 Å². The molecule has 2 aromatic rings. The van der Waals surface area contributed by atoms with Crippen LogP contribution in [0.5, 0.6) is 0 Å². The molecule has 106 valence electrons. The van der Waals surface area contributed by atoms with Gasteiger partial charge in [-0.2, -0.15) is 0 Å². The van der Waals surface area contributed by atoms with Crippen LogP contribution in [0.25, 0.3) is 0 Å². The SMILES string of the molecule is Cc1ccc(C(=O)N(C)C)cc1NCc1cc(Cl)cs1. The van der Waals surface area contributed by atoms with Gasteiger partial charge in [0.05, 0.1) is 5.02 Å². The molecule has 1 amide bonds. The average Bonchev–Trinajstić information content (AvgIpc) is 2.82. The first-order valence-corrected chi connectivity index (χ1v) is 7.52. The highest BCUT2D eigenvalue weighted by atomic mass is 35.5. The smallest absolute Gasteiger partial charge is 0.253 e. The second kappa shape index (κ2) is 6.29. The Bertz CT molecular complexity index is 622. The average molecular weight is 309 g/mol. The van der Waals surface area contributed by atoms with E-state index in [0.717, 1.165) is 16.3 Å². The number of aryl methyl sites for hydroxylation is 1. The Hall–Kier alpha value is -1.52. The van der Waals surface area contributed by atoms with Crippen LogP contribution < -0.4 is 5.32 Å². The highest BCUT2D eigenvalue weighted by Crippen LogP contribution is 2.22. The fourth-order valence-corrected chi connectivity index (χ4v) is 2.85. The number of carbonyl (C=O) groups excluding carboxylic acids is 1. The van der Waals surface area contributed by atoms with E-state index in [9.17, 15) is 4.79 Å². The second-order valence-electron chi connectivity index (χ2n) is 4.81. The van der Waals surface area contributed by atoms with Gasteiger partial charge in [0.1, 0.15) is 0 Å². The molecule has 0 aliphatic carbocycles. The highest BCUT2D eigenvalue weighted by molar-refractivity contribution is 7.10. The van der Waals surface area contributed by atoms with Crippen LogP contribution in [0.15, 0.2) is 29.6 Å². The largest absolute Gasteiger partial charge is 0.380 e. The van der Waals surface area contributed by atoms with E-state index in [1.165, 1.54) is 4.88 Å². The Balaban J connectivity index is 2.14. The Morgan fingerprint density at radius 3 is 2.70 bits per heavy atom. The van der Waals surface area contributed by atoms with Crippen molar-refractivity contribution in [2.45, 2.75) is 13.5 Å². The minimum absolute atomic E-state index is 0.00668. The molecule has 0 bridgehead atoms. The van der Waals surface area contributed by atoms with Gasteiger partial charge in [-0.05, 0) is 30.7 Å². The summed E-state index contributed by atoms with van der Waals surface area (Å²) < 4.78 is 0. The first kappa shape index (κ1) is 14.9. The number of halogens is 1. The summed E-state index contributed by atoms with van der Waals surface area (Å²) in [6.45, 7) is 2.73. The number of carbonyl (C=O) groups is 1. The number of nitrogens with one attached hydrogen (secondary N) is 1. The highest BCUT2D eigenvalue weighted by Gasteiger charge is 2.10. The molecular formula is C15H17ClN2OS. The monoisotopic (exact) mass is 308 g/mol. The standard InChI is InChI=1S/C15H17ClN2OS/c1-10-4-5-11(15(19)18(2)3)6-14(10)17-8-13-7-12(16)9-20-13/h4-7,9,17H,8H2,1-3H3. The maximum atomic E-state index is 12.0. The first-order valence-electron chi connectivity index (χ1n) is 6.26. The number of benzene rings is 1. The van der Waals surface area contributed by atoms with Gasteiger partial charge < -0.3 is 10.2 Å². The van der Waals surface area contributed by atoms with Gasteiger partial charge in [0.2, 0.25) is 0 Å². The second-order valence-corrected chi connectivity index (χ2v) is 6.25. The molecule has 0 fully saturated rings. The van der Waals surface area contributed by atoms with Crippen LogP contribution >= 0.6 is 22.9 Å². The molecule has 0 saturated carbocycles. The summed E-state index contributed by atoms with van der Waals surface area (Å²) in [6.07, 6.45) is 0. The van der Waals surface area contributed by atoms with Crippen LogP contribution in [0.4, 0.5) is 5.69 Å². The van der Waals surface area contributed by atoms with E-state index < -0.39 is 0 Å². The summed E-state index contributed by atoms with van der Waals surface area (Å²) in [5, 5.41) is 6.04. The molecule has 20 heavy (non-hydrogen) atoms.